The van der Waals surface area contributed by atoms with Crippen LogP contribution in [0.15, 0.2) is 30.3 Å². The molecule has 0 bridgehead atoms. The van der Waals surface area contributed by atoms with Crippen LogP contribution < -0.4 is 16.1 Å². The highest BCUT2D eigenvalue weighted by atomic mass is 35.6. The van der Waals surface area contributed by atoms with Crippen molar-refractivity contribution in [2.24, 2.45) is 11.3 Å². The van der Waals surface area contributed by atoms with Crippen LogP contribution in [0.5, 0.6) is 0 Å². The number of ether oxygens (including phenoxy) is 2. The van der Waals surface area contributed by atoms with Crippen molar-refractivity contribution in [1.82, 2.24) is 26.1 Å². The summed E-state index contributed by atoms with van der Waals surface area (Å²) < 4.78 is 8.61. The summed E-state index contributed by atoms with van der Waals surface area (Å²) in [5, 5.41) is 7.73. The number of fused-ring (bicyclic) bond motifs is 1. The number of hydrazine groups is 1. The van der Waals surface area contributed by atoms with Gasteiger partial charge in [0, 0.05) is 18.9 Å². The molecule has 50 heavy (non-hydrogen) atoms. The molecule has 0 saturated carbocycles. The van der Waals surface area contributed by atoms with Gasteiger partial charge < -0.3 is 20.1 Å². The van der Waals surface area contributed by atoms with Gasteiger partial charge >= 0.3 is 11.9 Å². The molecule has 1 aromatic carbocycles. The van der Waals surface area contributed by atoms with E-state index in [9.17, 15) is 24.0 Å². The first kappa shape index (κ1) is 41.0. The Hall–Kier alpha value is -3.45. The minimum absolute atomic E-state index is 0.301. The second kappa shape index (κ2) is 17.2. The number of aromatic nitrogens is 1. The fourth-order valence-electron chi connectivity index (χ4n) is 5.33. The lowest BCUT2D eigenvalue weighted by atomic mass is 9.89. The van der Waals surface area contributed by atoms with E-state index >= 15 is 0 Å². The SMILES string of the molecule is CC(=O)O[C@H](C)c1nc2cc(/C=C/C(C)(C)C(=O)N[C@H](C(=O)N[C@@H](C)C(=O)N3CCC[C@@H](C(=O)OCC(Cl)(Cl)Cl)N3)C(C)C)ccc2cc1C. The van der Waals surface area contributed by atoms with E-state index in [1.165, 1.54) is 18.9 Å². The Morgan fingerprint density at radius 3 is 2.38 bits per heavy atom. The lowest BCUT2D eigenvalue weighted by molar-refractivity contribution is -0.153. The van der Waals surface area contributed by atoms with Crippen molar-refractivity contribution in [3.63, 3.8) is 0 Å². The number of halogens is 3. The zero-order valence-corrected chi connectivity index (χ0v) is 31.8. The molecule has 1 aromatic heterocycles. The minimum atomic E-state index is -1.76. The van der Waals surface area contributed by atoms with Gasteiger partial charge in [-0.1, -0.05) is 72.9 Å². The third kappa shape index (κ3) is 11.5. The first-order chi connectivity index (χ1) is 23.2. The van der Waals surface area contributed by atoms with Gasteiger partial charge in [-0.05, 0) is 76.6 Å². The third-order valence-electron chi connectivity index (χ3n) is 8.16. The van der Waals surface area contributed by atoms with Gasteiger partial charge in [0.1, 0.15) is 30.8 Å². The van der Waals surface area contributed by atoms with Crippen molar-refractivity contribution in [2.75, 3.05) is 13.2 Å². The molecule has 15 heteroatoms. The van der Waals surface area contributed by atoms with E-state index in [0.717, 1.165) is 16.5 Å². The molecule has 1 aliphatic heterocycles. The molecule has 3 N–H and O–H groups in total. The highest BCUT2D eigenvalue weighted by Gasteiger charge is 2.35. The molecule has 0 aliphatic carbocycles. The Bertz CT molecular complexity index is 1630. The zero-order valence-electron chi connectivity index (χ0n) is 29.6. The lowest BCUT2D eigenvalue weighted by Gasteiger charge is -2.35. The van der Waals surface area contributed by atoms with Crippen LogP contribution in [0.1, 0.15) is 84.2 Å². The maximum Gasteiger partial charge on any atom is 0.325 e. The summed E-state index contributed by atoms with van der Waals surface area (Å²) in [5.41, 5.74) is 4.90. The first-order valence-electron chi connectivity index (χ1n) is 16.4. The molecule has 1 saturated heterocycles. The molecule has 1 fully saturated rings. The van der Waals surface area contributed by atoms with Crippen molar-refractivity contribution in [1.29, 1.82) is 0 Å². The fourth-order valence-corrected chi connectivity index (χ4v) is 5.50. The van der Waals surface area contributed by atoms with Crippen LogP contribution in [0, 0.1) is 18.3 Å². The van der Waals surface area contributed by atoms with E-state index in [1.54, 1.807) is 40.7 Å². The molecule has 2 heterocycles. The molecule has 3 rings (SSSR count). The highest BCUT2D eigenvalue weighted by molar-refractivity contribution is 6.67. The highest BCUT2D eigenvalue weighted by Crippen LogP contribution is 2.27. The quantitative estimate of drug-likeness (QED) is 0.194. The van der Waals surface area contributed by atoms with Crippen LogP contribution >= 0.6 is 34.8 Å². The van der Waals surface area contributed by atoms with Crippen LogP contribution in [0.25, 0.3) is 17.0 Å². The molecule has 1 aliphatic rings. The number of esters is 2. The first-order valence-corrected chi connectivity index (χ1v) is 17.5. The summed E-state index contributed by atoms with van der Waals surface area (Å²) in [4.78, 5) is 68.7. The van der Waals surface area contributed by atoms with Crippen molar-refractivity contribution >= 4 is 81.4 Å². The molecular formula is C35H46Cl3N5O7. The number of alkyl halides is 3. The van der Waals surface area contributed by atoms with Crippen molar-refractivity contribution < 1.29 is 33.4 Å². The van der Waals surface area contributed by atoms with Crippen LogP contribution in [-0.2, 0) is 33.4 Å². The fraction of sp³-hybridized carbons (Fsp3) is 0.543. The summed E-state index contributed by atoms with van der Waals surface area (Å²) in [5.74, 6) is -2.74. The number of carbonyl (C=O) groups excluding carboxylic acids is 5. The third-order valence-corrected chi connectivity index (χ3v) is 8.48. The number of amides is 3. The molecule has 0 spiro atoms. The van der Waals surface area contributed by atoms with Gasteiger partial charge in [-0.2, -0.15) is 0 Å². The Morgan fingerprint density at radius 1 is 1.08 bits per heavy atom. The predicted octanol–water partition coefficient (Wildman–Crippen LogP) is 5.26. The average Bonchev–Trinajstić information content (AvgIpc) is 3.03. The van der Waals surface area contributed by atoms with Gasteiger partial charge in [0.25, 0.3) is 5.91 Å². The van der Waals surface area contributed by atoms with E-state index in [2.05, 4.69) is 16.1 Å². The number of benzene rings is 1. The van der Waals surface area contributed by atoms with Crippen LogP contribution in [0.2, 0.25) is 0 Å². The maximum absolute atomic E-state index is 13.5. The summed E-state index contributed by atoms with van der Waals surface area (Å²) in [6, 6.07) is 4.98. The van der Waals surface area contributed by atoms with E-state index < -0.39 is 57.8 Å². The number of carbonyl (C=O) groups is 5. The molecule has 12 nitrogen and oxygen atoms in total. The standard InChI is InChI=1S/C35H46Cl3N5O7/c1-19(2)28(30(45)39-21(4)31(46)43-15-9-10-26(42-43)32(47)49-18-35(36,37)38)41-33(48)34(7,8)14-13-24-11-12-25-16-20(3)29(40-27(25)17-24)22(5)50-23(6)44/h11-14,16-17,19,21-22,26,28,42H,9-10,15,18H2,1-8H3,(H,39,45)(H,41,48)/b14-13+/t21-,22+,26-,28-/m0/s1. The Labute approximate surface area is 307 Å². The molecular weight excluding hydrogens is 709 g/mol. The van der Waals surface area contributed by atoms with Crippen molar-refractivity contribution in [2.45, 2.75) is 96.3 Å². The number of nitrogens with one attached hydrogen (secondary N) is 3. The summed E-state index contributed by atoms with van der Waals surface area (Å²) in [6.07, 6.45) is 3.97. The van der Waals surface area contributed by atoms with E-state index in [0.29, 0.717) is 30.6 Å². The number of pyridine rings is 1. The molecule has 3 amide bonds. The second-order valence-electron chi connectivity index (χ2n) is 13.4. The summed E-state index contributed by atoms with van der Waals surface area (Å²) >= 11 is 17.0. The van der Waals surface area contributed by atoms with Gasteiger partial charge in [-0.15, -0.1) is 0 Å². The van der Waals surface area contributed by atoms with Crippen LogP contribution in [0.3, 0.4) is 0 Å². The molecule has 4 atom stereocenters. The smallest absolute Gasteiger partial charge is 0.325 e. The van der Waals surface area contributed by atoms with E-state index in [1.807, 2.05) is 37.3 Å². The van der Waals surface area contributed by atoms with Gasteiger partial charge in [-0.3, -0.25) is 29.0 Å². The molecule has 274 valence electrons. The number of nitrogens with zero attached hydrogens (tertiary/aromatic N) is 2. The lowest BCUT2D eigenvalue weighted by Crippen LogP contribution is -2.61. The summed E-state index contributed by atoms with van der Waals surface area (Å²) in [6.45, 7) is 13.5. The Balaban J connectivity index is 1.65. The van der Waals surface area contributed by atoms with E-state index in [4.69, 9.17) is 49.3 Å². The zero-order chi connectivity index (χ0) is 37.6. The van der Waals surface area contributed by atoms with Crippen molar-refractivity contribution in [3.8, 4) is 0 Å². The normalized spacial score (nSPS) is 17.3. The number of aryl methyl sites for hydroxylation is 1. The molecule has 0 radical (unpaired) electrons. The van der Waals surface area contributed by atoms with E-state index in [-0.39, 0.29) is 17.8 Å². The monoisotopic (exact) mass is 753 g/mol. The van der Waals surface area contributed by atoms with Gasteiger partial charge in [0.2, 0.25) is 15.6 Å². The molecule has 0 unspecified atom stereocenters. The minimum Gasteiger partial charge on any atom is -0.460 e. The van der Waals surface area contributed by atoms with Crippen LogP contribution in [-0.4, -0.2) is 74.7 Å². The Morgan fingerprint density at radius 2 is 1.76 bits per heavy atom. The van der Waals surface area contributed by atoms with Gasteiger partial charge in [-0.25, -0.2) is 10.4 Å². The van der Waals surface area contributed by atoms with Gasteiger partial charge in [0.15, 0.2) is 0 Å². The second-order valence-corrected chi connectivity index (χ2v) is 15.9. The predicted molar refractivity (Wildman–Crippen MR) is 193 cm³/mol. The average molecular weight is 755 g/mol. The number of hydrogen-bond acceptors (Lipinski definition) is 9. The van der Waals surface area contributed by atoms with Crippen molar-refractivity contribution in [3.05, 3.63) is 47.2 Å². The Kier molecular flexibility index (Phi) is 14.1. The summed E-state index contributed by atoms with van der Waals surface area (Å²) in [7, 11) is 0. The van der Waals surface area contributed by atoms with Crippen LogP contribution in [0.4, 0.5) is 0 Å². The molecule has 2 aromatic rings. The number of rotatable bonds is 12. The number of hydrogen-bond donors (Lipinski definition) is 3. The topological polar surface area (TPSA) is 156 Å². The largest absolute Gasteiger partial charge is 0.460 e. The van der Waals surface area contributed by atoms with Gasteiger partial charge in [0.05, 0.1) is 16.6 Å². The maximum atomic E-state index is 13.5.